The highest BCUT2D eigenvalue weighted by atomic mass is 35.5. The second-order valence-electron chi connectivity index (χ2n) is 5.60. The lowest BCUT2D eigenvalue weighted by Crippen LogP contribution is -3.17. The summed E-state index contributed by atoms with van der Waals surface area (Å²) in [6.45, 7) is 1.53. The van der Waals surface area contributed by atoms with E-state index in [9.17, 15) is 4.79 Å². The average Bonchev–Trinajstić information content (AvgIpc) is 2.10. The molecule has 0 aliphatic heterocycles. The van der Waals surface area contributed by atoms with Gasteiger partial charge in [-0.25, -0.2) is 0 Å². The Bertz CT molecular complexity index is 340. The first-order valence-corrected chi connectivity index (χ1v) is 5.13. The Balaban J connectivity index is 0.000000578. The molecule has 6 fully saturated rings. The largest absolute Gasteiger partial charge is 0.458 e. The molecule has 0 atom stereocenters. The number of hydrogen-bond acceptors (Lipinski definition) is 3. The van der Waals surface area contributed by atoms with Crippen LogP contribution in [0.4, 0.5) is 0 Å². The van der Waals surface area contributed by atoms with Crippen molar-refractivity contribution >= 4 is 18.4 Å². The van der Waals surface area contributed by atoms with Crippen molar-refractivity contribution in [2.45, 2.75) is 18.1 Å². The van der Waals surface area contributed by atoms with Crippen molar-refractivity contribution in [1.82, 2.24) is 0 Å². The first-order chi connectivity index (χ1) is 6.15. The quantitative estimate of drug-likeness (QED) is 0.632. The van der Waals surface area contributed by atoms with Crippen molar-refractivity contribution in [2.24, 2.45) is 41.2 Å². The number of hydrogen-bond donors (Lipinski definition) is 1. The van der Waals surface area contributed by atoms with Crippen LogP contribution < -0.4 is 5.73 Å². The number of esters is 1. The molecule has 6 saturated carbocycles. The van der Waals surface area contributed by atoms with Gasteiger partial charge in [0.05, 0.1) is 0 Å². The number of carbonyl (C=O) groups is 1. The van der Waals surface area contributed by atoms with E-state index >= 15 is 0 Å². The molecule has 0 heterocycles. The Morgan fingerprint density at radius 3 is 1.93 bits per heavy atom. The molecule has 0 radical (unpaired) electrons. The second kappa shape index (κ2) is 1.54. The Labute approximate surface area is 87.8 Å². The SMILES string of the molecule is CC(=O)OC12C3C4C1C1C2C3C41N.Cl. The fourth-order valence-corrected chi connectivity index (χ4v) is 5.97. The smallest absolute Gasteiger partial charge is 0.303 e. The molecule has 0 bridgehead atoms. The highest BCUT2D eigenvalue weighted by Crippen LogP contribution is 3.03. The lowest BCUT2D eigenvalue weighted by atomic mass is 8.97. The predicted octanol–water partition coefficient (Wildman–Crippen LogP) is 0.173. The van der Waals surface area contributed by atoms with Gasteiger partial charge in [-0.15, -0.1) is 12.4 Å². The third-order valence-corrected chi connectivity index (χ3v) is 5.94. The van der Waals surface area contributed by atoms with E-state index in [1.165, 1.54) is 6.92 Å². The van der Waals surface area contributed by atoms with E-state index in [1.807, 2.05) is 0 Å². The standard InChI is InChI=1S/C10H11NO2.ClH/c1-2(12)13-10-6-3-7(10)5-8(10)4(6)9(3,5)11;/h3-8H,11H2,1H3;1H. The van der Waals surface area contributed by atoms with Crippen molar-refractivity contribution in [3.8, 4) is 0 Å². The van der Waals surface area contributed by atoms with Crippen molar-refractivity contribution in [2.75, 3.05) is 0 Å². The topological polar surface area (TPSA) is 52.3 Å². The number of rotatable bonds is 1. The van der Waals surface area contributed by atoms with Gasteiger partial charge in [0.1, 0.15) is 5.60 Å². The molecule has 0 amide bonds. The van der Waals surface area contributed by atoms with Crippen molar-refractivity contribution < 1.29 is 9.53 Å². The van der Waals surface area contributed by atoms with Gasteiger partial charge < -0.3 is 10.5 Å². The van der Waals surface area contributed by atoms with E-state index in [0.717, 1.165) is 17.8 Å². The summed E-state index contributed by atoms with van der Waals surface area (Å²) in [6, 6.07) is 0. The van der Waals surface area contributed by atoms with E-state index in [1.54, 1.807) is 0 Å². The summed E-state index contributed by atoms with van der Waals surface area (Å²) < 4.78 is 5.50. The van der Waals surface area contributed by atoms with E-state index in [2.05, 4.69) is 0 Å². The van der Waals surface area contributed by atoms with Crippen LogP contribution in [0.25, 0.3) is 0 Å². The molecule has 0 saturated heterocycles. The Hall–Kier alpha value is -0.280. The molecule has 76 valence electrons. The van der Waals surface area contributed by atoms with Gasteiger partial charge in [-0.2, -0.15) is 0 Å². The summed E-state index contributed by atoms with van der Waals surface area (Å²) in [6.07, 6.45) is 0. The fourth-order valence-electron chi connectivity index (χ4n) is 5.97. The molecule has 0 aromatic carbocycles. The zero-order valence-electron chi connectivity index (χ0n) is 7.77. The lowest BCUT2D eigenvalue weighted by Gasteiger charge is -3.08. The molecule has 6 aliphatic carbocycles. The highest BCUT2D eigenvalue weighted by Gasteiger charge is 3.11. The maximum Gasteiger partial charge on any atom is 0.303 e. The third-order valence-electron chi connectivity index (χ3n) is 5.94. The monoisotopic (exact) mass is 213 g/mol. The third kappa shape index (κ3) is 0.322. The van der Waals surface area contributed by atoms with Gasteiger partial charge in [0.25, 0.3) is 0 Å². The van der Waals surface area contributed by atoms with Crippen LogP contribution in [0.3, 0.4) is 0 Å². The van der Waals surface area contributed by atoms with Crippen LogP contribution >= 0.6 is 12.4 Å². The minimum atomic E-state index is -0.0956. The van der Waals surface area contributed by atoms with Crippen LogP contribution in [-0.2, 0) is 9.53 Å². The second-order valence-corrected chi connectivity index (χ2v) is 5.60. The van der Waals surface area contributed by atoms with Gasteiger partial charge >= 0.3 is 5.97 Å². The zero-order valence-corrected chi connectivity index (χ0v) is 8.58. The first-order valence-electron chi connectivity index (χ1n) is 5.13. The molecule has 6 rings (SSSR count). The van der Waals surface area contributed by atoms with E-state index < -0.39 is 0 Å². The van der Waals surface area contributed by atoms with E-state index in [4.69, 9.17) is 10.5 Å². The molecular formula is C10H12ClNO2. The fraction of sp³-hybridized carbons (Fsp3) is 0.900. The number of nitrogens with two attached hydrogens (primary N) is 1. The molecule has 0 unspecified atom stereocenters. The van der Waals surface area contributed by atoms with Crippen LogP contribution in [-0.4, -0.2) is 17.1 Å². The minimum Gasteiger partial charge on any atom is -0.458 e. The van der Waals surface area contributed by atoms with Gasteiger partial charge in [0.2, 0.25) is 0 Å². The van der Waals surface area contributed by atoms with Gasteiger partial charge in [-0.3, -0.25) is 4.79 Å². The molecule has 2 N–H and O–H groups in total. The summed E-state index contributed by atoms with van der Waals surface area (Å²) in [7, 11) is 0. The predicted molar refractivity (Wildman–Crippen MR) is 49.6 cm³/mol. The van der Waals surface area contributed by atoms with Crippen molar-refractivity contribution in [3.63, 3.8) is 0 Å². The number of ether oxygens (including phenoxy) is 1. The van der Waals surface area contributed by atoms with Gasteiger partial charge in [0, 0.05) is 30.2 Å². The zero-order chi connectivity index (χ0) is 8.75. The molecule has 6 aliphatic rings. The van der Waals surface area contributed by atoms with Gasteiger partial charge in [-0.05, 0) is 17.8 Å². The van der Waals surface area contributed by atoms with Crippen molar-refractivity contribution in [1.29, 1.82) is 0 Å². The van der Waals surface area contributed by atoms with Crippen molar-refractivity contribution in [3.05, 3.63) is 0 Å². The molecule has 4 heteroatoms. The van der Waals surface area contributed by atoms with E-state index in [0.29, 0.717) is 17.8 Å². The van der Waals surface area contributed by atoms with Crippen LogP contribution in [0.15, 0.2) is 0 Å². The molecular weight excluding hydrogens is 202 g/mol. The normalized spacial score (nSPS) is 76.1. The summed E-state index contributed by atoms with van der Waals surface area (Å²) >= 11 is 0. The lowest BCUT2D eigenvalue weighted by molar-refractivity contribution is -0.623. The van der Waals surface area contributed by atoms with Crippen LogP contribution in [0.1, 0.15) is 6.92 Å². The van der Waals surface area contributed by atoms with Gasteiger partial charge in [0.15, 0.2) is 0 Å². The minimum absolute atomic E-state index is 0. The summed E-state index contributed by atoms with van der Waals surface area (Å²) in [5, 5.41) is 0. The average molecular weight is 214 g/mol. The summed E-state index contributed by atoms with van der Waals surface area (Å²) in [4.78, 5) is 11.0. The van der Waals surface area contributed by atoms with Crippen LogP contribution in [0.2, 0.25) is 0 Å². The Morgan fingerprint density at radius 1 is 1.14 bits per heavy atom. The maximum atomic E-state index is 11.0. The summed E-state index contributed by atoms with van der Waals surface area (Å²) in [5.41, 5.74) is 6.50. The van der Waals surface area contributed by atoms with Gasteiger partial charge in [-0.1, -0.05) is 0 Å². The van der Waals surface area contributed by atoms with Crippen LogP contribution in [0, 0.1) is 35.5 Å². The maximum absolute atomic E-state index is 11.0. The molecule has 0 aromatic heterocycles. The first kappa shape index (κ1) is 7.94. The Kier molecular flexibility index (Phi) is 0.872. The van der Waals surface area contributed by atoms with E-state index in [-0.39, 0.29) is 29.5 Å². The van der Waals surface area contributed by atoms with Crippen LogP contribution in [0.5, 0.6) is 0 Å². The molecule has 0 spiro atoms. The number of halogens is 1. The highest BCUT2D eigenvalue weighted by molar-refractivity contribution is 5.85. The Morgan fingerprint density at radius 2 is 1.57 bits per heavy atom. The molecule has 0 aromatic rings. The summed E-state index contributed by atoms with van der Waals surface area (Å²) in [5.74, 6) is 4.18. The number of carbonyl (C=O) groups excluding carboxylic acids is 1. The molecule has 14 heavy (non-hydrogen) atoms. The molecule has 3 nitrogen and oxygen atoms in total.